The van der Waals surface area contributed by atoms with Crippen LogP contribution in [-0.2, 0) is 9.47 Å². The van der Waals surface area contributed by atoms with Crippen molar-refractivity contribution in [2.75, 3.05) is 59.7 Å². The summed E-state index contributed by atoms with van der Waals surface area (Å²) in [5.41, 5.74) is 0. The van der Waals surface area contributed by atoms with Gasteiger partial charge in [0.15, 0.2) is 5.96 Å². The molecule has 2 rings (SSSR count). The third-order valence-electron chi connectivity index (χ3n) is 4.22. The molecule has 150 valence electrons. The maximum atomic E-state index is 5.52. The highest BCUT2D eigenvalue weighted by molar-refractivity contribution is 14.0. The highest BCUT2D eigenvalue weighted by atomic mass is 127. The van der Waals surface area contributed by atoms with E-state index in [0.717, 1.165) is 65.0 Å². The second kappa shape index (κ2) is 13.7. The number of morpholine rings is 1. The van der Waals surface area contributed by atoms with Gasteiger partial charge in [-0.3, -0.25) is 9.89 Å². The summed E-state index contributed by atoms with van der Waals surface area (Å²) in [6.07, 6.45) is 0.978. The van der Waals surface area contributed by atoms with Crippen molar-refractivity contribution in [2.45, 2.75) is 26.3 Å². The molecule has 0 saturated carbocycles. The summed E-state index contributed by atoms with van der Waals surface area (Å²) in [5, 5.41) is 6.85. The van der Waals surface area contributed by atoms with E-state index >= 15 is 0 Å². The Morgan fingerprint density at radius 1 is 1.35 bits per heavy atom. The van der Waals surface area contributed by atoms with E-state index in [0.29, 0.717) is 6.04 Å². The summed E-state index contributed by atoms with van der Waals surface area (Å²) in [4.78, 5) is 9.59. The largest absolute Gasteiger partial charge is 0.382 e. The lowest BCUT2D eigenvalue weighted by Crippen LogP contribution is -2.46. The van der Waals surface area contributed by atoms with Gasteiger partial charge in [0.25, 0.3) is 0 Å². The van der Waals surface area contributed by atoms with Crippen LogP contribution >= 0.6 is 35.3 Å². The van der Waals surface area contributed by atoms with E-state index in [1.807, 2.05) is 25.3 Å². The lowest BCUT2D eigenvalue weighted by molar-refractivity contribution is 0.0177. The maximum absolute atomic E-state index is 5.52. The van der Waals surface area contributed by atoms with Crippen LogP contribution in [0.1, 0.15) is 29.1 Å². The van der Waals surface area contributed by atoms with Crippen molar-refractivity contribution in [3.8, 4) is 0 Å². The zero-order valence-corrected chi connectivity index (χ0v) is 19.3. The number of rotatable bonds is 9. The van der Waals surface area contributed by atoms with Crippen molar-refractivity contribution in [2.24, 2.45) is 4.99 Å². The standard InChI is InChI=1S/C18H32N4O2S.HI/c1-4-23-11-5-8-20-18(19-3)21-14-16(17-7-6-15(2)25-17)22-9-12-24-13-10-22;/h6-7,16H,4-5,8-14H2,1-3H3,(H2,19,20,21);1H. The Kier molecular flexibility index (Phi) is 12.4. The number of ether oxygens (including phenoxy) is 2. The lowest BCUT2D eigenvalue weighted by Gasteiger charge is -2.34. The second-order valence-electron chi connectivity index (χ2n) is 6.04. The zero-order chi connectivity index (χ0) is 17.9. The fourth-order valence-corrected chi connectivity index (χ4v) is 3.88. The molecule has 1 aliphatic rings. The minimum absolute atomic E-state index is 0. The monoisotopic (exact) mass is 496 g/mol. The predicted octanol–water partition coefficient (Wildman–Crippen LogP) is 2.64. The SMILES string of the molecule is CCOCCCNC(=NC)NCC(c1ccc(C)s1)N1CCOCC1.I. The minimum atomic E-state index is 0. The van der Waals surface area contributed by atoms with E-state index < -0.39 is 0 Å². The van der Waals surface area contributed by atoms with Crippen LogP contribution in [0.25, 0.3) is 0 Å². The molecule has 0 aliphatic carbocycles. The summed E-state index contributed by atoms with van der Waals surface area (Å²) in [6, 6.07) is 4.80. The first-order valence-corrected chi connectivity index (χ1v) is 9.96. The number of nitrogens with zero attached hydrogens (tertiary/aromatic N) is 2. The second-order valence-corrected chi connectivity index (χ2v) is 7.36. The Morgan fingerprint density at radius 3 is 2.73 bits per heavy atom. The molecule has 8 heteroatoms. The molecular formula is C18H33IN4O2S. The summed E-state index contributed by atoms with van der Waals surface area (Å²) < 4.78 is 10.9. The van der Waals surface area contributed by atoms with E-state index in [9.17, 15) is 0 Å². The summed E-state index contributed by atoms with van der Waals surface area (Å²) in [6.45, 7) is 11.0. The Morgan fingerprint density at radius 2 is 2.12 bits per heavy atom. The topological polar surface area (TPSA) is 58.1 Å². The first-order valence-electron chi connectivity index (χ1n) is 9.15. The van der Waals surface area contributed by atoms with E-state index in [4.69, 9.17) is 9.47 Å². The molecule has 26 heavy (non-hydrogen) atoms. The molecule has 0 spiro atoms. The molecule has 0 amide bonds. The van der Waals surface area contributed by atoms with E-state index in [1.54, 1.807) is 0 Å². The van der Waals surface area contributed by atoms with Crippen molar-refractivity contribution < 1.29 is 9.47 Å². The molecule has 1 fully saturated rings. The van der Waals surface area contributed by atoms with Gasteiger partial charge in [0.2, 0.25) is 0 Å². The molecule has 2 heterocycles. The number of nitrogens with one attached hydrogen (secondary N) is 2. The predicted molar refractivity (Wildman–Crippen MR) is 120 cm³/mol. The van der Waals surface area contributed by atoms with Gasteiger partial charge in [-0.15, -0.1) is 35.3 Å². The molecule has 2 N–H and O–H groups in total. The smallest absolute Gasteiger partial charge is 0.191 e. The van der Waals surface area contributed by atoms with Crippen molar-refractivity contribution in [3.05, 3.63) is 21.9 Å². The number of aryl methyl sites for hydroxylation is 1. The van der Waals surface area contributed by atoms with Gasteiger partial charge in [-0.25, -0.2) is 0 Å². The molecule has 0 bridgehead atoms. The van der Waals surface area contributed by atoms with Crippen molar-refractivity contribution in [1.29, 1.82) is 0 Å². The van der Waals surface area contributed by atoms with Crippen LogP contribution in [0.3, 0.4) is 0 Å². The molecule has 1 saturated heterocycles. The third-order valence-corrected chi connectivity index (χ3v) is 5.33. The first kappa shape index (κ1) is 23.6. The number of aliphatic imine (C=N–C) groups is 1. The van der Waals surface area contributed by atoms with E-state index in [-0.39, 0.29) is 24.0 Å². The van der Waals surface area contributed by atoms with Crippen LogP contribution < -0.4 is 10.6 Å². The van der Waals surface area contributed by atoms with E-state index in [1.165, 1.54) is 9.75 Å². The van der Waals surface area contributed by atoms with Gasteiger partial charge in [-0.2, -0.15) is 0 Å². The van der Waals surface area contributed by atoms with Crippen molar-refractivity contribution in [3.63, 3.8) is 0 Å². The van der Waals surface area contributed by atoms with Crippen LogP contribution in [0.2, 0.25) is 0 Å². The van der Waals surface area contributed by atoms with Gasteiger partial charge in [-0.1, -0.05) is 0 Å². The Hall–Kier alpha value is -0.420. The van der Waals surface area contributed by atoms with Gasteiger partial charge < -0.3 is 20.1 Å². The first-order chi connectivity index (χ1) is 12.2. The van der Waals surface area contributed by atoms with Crippen LogP contribution in [0.4, 0.5) is 0 Å². The number of guanidine groups is 1. The third kappa shape index (κ3) is 8.08. The van der Waals surface area contributed by atoms with Crippen molar-refractivity contribution in [1.82, 2.24) is 15.5 Å². The normalized spacial score (nSPS) is 16.8. The molecule has 0 radical (unpaired) electrons. The highest BCUT2D eigenvalue weighted by Gasteiger charge is 2.24. The van der Waals surface area contributed by atoms with Crippen LogP contribution in [0, 0.1) is 6.92 Å². The Bertz CT molecular complexity index is 521. The van der Waals surface area contributed by atoms with E-state index in [2.05, 4.69) is 39.6 Å². The fraction of sp³-hybridized carbons (Fsp3) is 0.722. The molecule has 1 aliphatic heterocycles. The van der Waals surface area contributed by atoms with Crippen LogP contribution in [0.15, 0.2) is 17.1 Å². The number of halogens is 1. The van der Waals surface area contributed by atoms with Gasteiger partial charge in [0.05, 0.1) is 19.3 Å². The quantitative estimate of drug-likeness (QED) is 0.238. The number of thiophene rings is 1. The molecule has 0 aromatic carbocycles. The van der Waals surface area contributed by atoms with Gasteiger partial charge >= 0.3 is 0 Å². The lowest BCUT2D eigenvalue weighted by atomic mass is 10.2. The van der Waals surface area contributed by atoms with Crippen LogP contribution in [0.5, 0.6) is 0 Å². The van der Waals surface area contributed by atoms with Crippen LogP contribution in [-0.4, -0.2) is 70.5 Å². The molecular weight excluding hydrogens is 463 g/mol. The zero-order valence-electron chi connectivity index (χ0n) is 16.1. The summed E-state index contributed by atoms with van der Waals surface area (Å²) in [5.74, 6) is 0.850. The fourth-order valence-electron chi connectivity index (χ4n) is 2.87. The molecule has 1 aromatic rings. The molecule has 1 unspecified atom stereocenters. The molecule has 1 aromatic heterocycles. The molecule has 6 nitrogen and oxygen atoms in total. The maximum Gasteiger partial charge on any atom is 0.191 e. The highest BCUT2D eigenvalue weighted by Crippen LogP contribution is 2.27. The van der Waals surface area contributed by atoms with Gasteiger partial charge in [0.1, 0.15) is 0 Å². The average molecular weight is 496 g/mol. The average Bonchev–Trinajstić information content (AvgIpc) is 3.07. The van der Waals surface area contributed by atoms with Gasteiger partial charge in [-0.05, 0) is 32.4 Å². The Balaban J connectivity index is 0.00000338. The van der Waals surface area contributed by atoms with Gasteiger partial charge in [0, 0.05) is 56.2 Å². The minimum Gasteiger partial charge on any atom is -0.382 e. The Labute approximate surface area is 178 Å². The summed E-state index contributed by atoms with van der Waals surface area (Å²) in [7, 11) is 1.82. The summed E-state index contributed by atoms with van der Waals surface area (Å²) >= 11 is 1.88. The molecule has 1 atom stereocenters. The number of hydrogen-bond donors (Lipinski definition) is 2. The number of hydrogen-bond acceptors (Lipinski definition) is 5. The van der Waals surface area contributed by atoms with Crippen molar-refractivity contribution >= 4 is 41.3 Å².